The third-order valence-electron chi connectivity index (χ3n) is 6.66. The van der Waals surface area contributed by atoms with Crippen molar-refractivity contribution in [2.75, 3.05) is 32.8 Å². The molecule has 184 valence electrons. The molecular weight excluding hydrogens is 467 g/mol. The normalized spacial score (nSPS) is 19.3. The van der Waals surface area contributed by atoms with Gasteiger partial charge >= 0.3 is 0 Å². The van der Waals surface area contributed by atoms with E-state index in [1.165, 1.54) is 5.56 Å². The number of halogens is 2. The van der Waals surface area contributed by atoms with Crippen molar-refractivity contribution in [1.29, 1.82) is 0 Å². The van der Waals surface area contributed by atoms with Gasteiger partial charge in [0.05, 0.1) is 5.03 Å². The predicted octanol–water partition coefficient (Wildman–Crippen LogP) is 6.45. The van der Waals surface area contributed by atoms with Gasteiger partial charge in [-0.15, -0.1) is 0 Å². The molecule has 1 fully saturated rings. The zero-order chi connectivity index (χ0) is 24.3. The van der Waals surface area contributed by atoms with Crippen LogP contribution in [-0.4, -0.2) is 43.6 Å². The van der Waals surface area contributed by atoms with Gasteiger partial charge in [-0.25, -0.2) is 0 Å². The largest absolute Gasteiger partial charge is 0.491 e. The third kappa shape index (κ3) is 8.04. The van der Waals surface area contributed by atoms with Crippen LogP contribution < -0.4 is 5.32 Å². The topological polar surface area (TPSA) is 41.6 Å². The average Bonchev–Trinajstić information content (AvgIpc) is 2.85. The molecule has 0 aromatic heterocycles. The van der Waals surface area contributed by atoms with Gasteiger partial charge in [-0.1, -0.05) is 73.1 Å². The number of carbonyl (C=O) groups excluding carboxylic acids is 1. The summed E-state index contributed by atoms with van der Waals surface area (Å²) in [5.41, 5.74) is 1.17. The fourth-order valence-corrected chi connectivity index (χ4v) is 4.88. The summed E-state index contributed by atoms with van der Waals surface area (Å²) >= 11 is 12.3. The summed E-state index contributed by atoms with van der Waals surface area (Å²) in [7, 11) is 0. The standard InChI is InChI=1S/C28H36Cl2N2O2/c1-3-4-7-21(2)25(22-10-12-24(29)13-11-22)20-31-28(33)23-14-16-32(17-15-23)18-19-34-27-9-6-5-8-26(27)30/h3-4,7-13,21,23,25H,1,5-6,14-20H2,2H3,(H,31,33)/b7-4-. The van der Waals surface area contributed by atoms with Gasteiger partial charge in [-0.05, 0) is 68.5 Å². The highest BCUT2D eigenvalue weighted by Crippen LogP contribution is 2.27. The van der Waals surface area contributed by atoms with Crippen molar-refractivity contribution in [2.45, 2.75) is 38.5 Å². The van der Waals surface area contributed by atoms with Gasteiger partial charge < -0.3 is 10.1 Å². The summed E-state index contributed by atoms with van der Waals surface area (Å²) in [4.78, 5) is 15.3. The third-order valence-corrected chi connectivity index (χ3v) is 7.25. The minimum absolute atomic E-state index is 0.0560. The molecule has 0 saturated carbocycles. The molecular formula is C28H36Cl2N2O2. The fraction of sp³-hybridized carbons (Fsp3) is 0.464. The van der Waals surface area contributed by atoms with Crippen LogP contribution in [0.1, 0.15) is 44.1 Å². The van der Waals surface area contributed by atoms with Crippen LogP contribution >= 0.6 is 23.2 Å². The quantitative estimate of drug-likeness (QED) is 0.353. The molecule has 1 aliphatic carbocycles. The van der Waals surface area contributed by atoms with Crippen LogP contribution in [0.5, 0.6) is 0 Å². The first-order chi connectivity index (χ1) is 16.5. The Kier molecular flexibility index (Phi) is 10.8. The Bertz CT molecular complexity index is 899. The van der Waals surface area contributed by atoms with E-state index in [-0.39, 0.29) is 23.7 Å². The Balaban J connectivity index is 1.45. The first-order valence-electron chi connectivity index (χ1n) is 12.2. The molecule has 2 aliphatic rings. The van der Waals surface area contributed by atoms with Gasteiger partial charge in [0.1, 0.15) is 12.4 Å². The molecule has 3 rings (SSSR count). The minimum Gasteiger partial charge on any atom is -0.491 e. The van der Waals surface area contributed by atoms with Crippen LogP contribution in [0.25, 0.3) is 0 Å². The predicted molar refractivity (Wildman–Crippen MR) is 142 cm³/mol. The molecule has 1 N–H and O–H groups in total. The summed E-state index contributed by atoms with van der Waals surface area (Å²) in [6.07, 6.45) is 13.6. The molecule has 0 spiro atoms. The number of ether oxygens (including phenoxy) is 1. The van der Waals surface area contributed by atoms with Crippen LogP contribution in [0.3, 0.4) is 0 Å². The Morgan fingerprint density at radius 2 is 1.91 bits per heavy atom. The molecule has 34 heavy (non-hydrogen) atoms. The molecule has 6 heteroatoms. The van der Waals surface area contributed by atoms with E-state index < -0.39 is 0 Å². The fourth-order valence-electron chi connectivity index (χ4n) is 4.51. The summed E-state index contributed by atoms with van der Waals surface area (Å²) in [5.74, 6) is 1.43. The van der Waals surface area contributed by atoms with E-state index in [2.05, 4.69) is 35.9 Å². The molecule has 1 amide bonds. The number of rotatable bonds is 11. The lowest BCUT2D eigenvalue weighted by molar-refractivity contribution is -0.126. The van der Waals surface area contributed by atoms with Crippen LogP contribution in [0.4, 0.5) is 0 Å². The van der Waals surface area contributed by atoms with Crippen molar-refractivity contribution in [2.24, 2.45) is 11.8 Å². The van der Waals surface area contributed by atoms with E-state index >= 15 is 0 Å². The van der Waals surface area contributed by atoms with E-state index in [4.69, 9.17) is 27.9 Å². The van der Waals surface area contributed by atoms with Gasteiger partial charge in [-0.2, -0.15) is 0 Å². The SMILES string of the molecule is C=C/C=C\C(C)C(CNC(=O)C1CCN(CCOC2=CCCC=C2Cl)CC1)c1ccc(Cl)cc1. The van der Waals surface area contributed by atoms with Crippen molar-refractivity contribution in [3.8, 4) is 0 Å². The highest BCUT2D eigenvalue weighted by atomic mass is 35.5. The molecule has 1 saturated heterocycles. The Labute approximate surface area is 214 Å². The van der Waals surface area contributed by atoms with Gasteiger partial charge in [-0.3, -0.25) is 9.69 Å². The number of piperidine rings is 1. The smallest absolute Gasteiger partial charge is 0.223 e. The van der Waals surface area contributed by atoms with Gasteiger partial charge in [0.2, 0.25) is 5.91 Å². The number of carbonyl (C=O) groups is 1. The van der Waals surface area contributed by atoms with Crippen molar-refractivity contribution in [3.05, 3.63) is 82.6 Å². The van der Waals surface area contributed by atoms with Gasteiger partial charge in [0.25, 0.3) is 0 Å². The van der Waals surface area contributed by atoms with Crippen molar-refractivity contribution in [1.82, 2.24) is 10.2 Å². The molecule has 1 heterocycles. The summed E-state index contributed by atoms with van der Waals surface area (Å²) in [6.45, 7) is 9.81. The number of allylic oxidation sites excluding steroid dienone is 6. The van der Waals surface area contributed by atoms with Crippen molar-refractivity contribution < 1.29 is 9.53 Å². The molecule has 1 aliphatic heterocycles. The van der Waals surface area contributed by atoms with E-state index in [0.29, 0.717) is 23.2 Å². The molecule has 1 aromatic carbocycles. The van der Waals surface area contributed by atoms with Crippen LogP contribution in [0.15, 0.2) is 72.0 Å². The summed E-state index contributed by atoms with van der Waals surface area (Å²) < 4.78 is 5.86. The second-order valence-corrected chi connectivity index (χ2v) is 9.89. The second-order valence-electron chi connectivity index (χ2n) is 9.05. The number of hydrogen-bond donors (Lipinski definition) is 1. The average molecular weight is 504 g/mol. The maximum Gasteiger partial charge on any atom is 0.223 e. The lowest BCUT2D eigenvalue weighted by Gasteiger charge is -2.32. The van der Waals surface area contributed by atoms with E-state index in [1.807, 2.05) is 36.4 Å². The molecule has 0 bridgehead atoms. The molecule has 2 atom stereocenters. The highest BCUT2D eigenvalue weighted by molar-refractivity contribution is 6.31. The van der Waals surface area contributed by atoms with Gasteiger partial charge in [0.15, 0.2) is 0 Å². The highest BCUT2D eigenvalue weighted by Gasteiger charge is 2.26. The molecule has 0 radical (unpaired) electrons. The Hall–Kier alpha value is -2.01. The molecule has 2 unspecified atom stereocenters. The van der Waals surface area contributed by atoms with E-state index in [1.54, 1.807) is 6.08 Å². The van der Waals surface area contributed by atoms with Crippen molar-refractivity contribution in [3.63, 3.8) is 0 Å². The van der Waals surface area contributed by atoms with Crippen LogP contribution in [0, 0.1) is 11.8 Å². The van der Waals surface area contributed by atoms with Crippen molar-refractivity contribution >= 4 is 29.1 Å². The summed E-state index contributed by atoms with van der Waals surface area (Å²) in [5, 5.41) is 4.66. The maximum absolute atomic E-state index is 12.9. The number of amides is 1. The molecule has 4 nitrogen and oxygen atoms in total. The number of benzene rings is 1. The van der Waals surface area contributed by atoms with Crippen LogP contribution in [0.2, 0.25) is 5.02 Å². The number of nitrogens with one attached hydrogen (secondary N) is 1. The zero-order valence-electron chi connectivity index (χ0n) is 20.0. The lowest BCUT2D eigenvalue weighted by atomic mass is 9.86. The van der Waals surface area contributed by atoms with Gasteiger partial charge in [0, 0.05) is 29.9 Å². The Morgan fingerprint density at radius 3 is 2.59 bits per heavy atom. The maximum atomic E-state index is 12.9. The minimum atomic E-state index is 0.0560. The van der Waals surface area contributed by atoms with E-state index in [9.17, 15) is 4.79 Å². The second kappa shape index (κ2) is 13.8. The zero-order valence-corrected chi connectivity index (χ0v) is 21.5. The summed E-state index contributed by atoms with van der Waals surface area (Å²) in [6, 6.07) is 7.91. The first-order valence-corrected chi connectivity index (χ1v) is 13.0. The number of likely N-dealkylation sites (tertiary alicyclic amines) is 1. The first kappa shape index (κ1) is 26.6. The number of hydrogen-bond acceptors (Lipinski definition) is 3. The Morgan fingerprint density at radius 1 is 1.21 bits per heavy atom. The van der Waals surface area contributed by atoms with Crippen LogP contribution in [-0.2, 0) is 9.53 Å². The monoisotopic (exact) mass is 502 g/mol. The molecule has 1 aromatic rings. The van der Waals surface area contributed by atoms with E-state index in [0.717, 1.165) is 51.1 Å². The number of nitrogens with zero attached hydrogens (tertiary/aromatic N) is 1. The lowest BCUT2D eigenvalue weighted by Crippen LogP contribution is -2.42.